The molecule has 1 aliphatic rings. The van der Waals surface area contributed by atoms with Crippen molar-refractivity contribution >= 4 is 0 Å². The third kappa shape index (κ3) is 5.14. The third-order valence-corrected chi connectivity index (χ3v) is 3.83. The number of nitrogens with zero attached hydrogens (tertiary/aromatic N) is 1. The van der Waals surface area contributed by atoms with Gasteiger partial charge in [-0.15, -0.1) is 0 Å². The maximum Gasteiger partial charge on any atom is 0.119 e. The lowest BCUT2D eigenvalue weighted by Crippen LogP contribution is -2.42. The Kier molecular flexibility index (Phi) is 6.34. The molecule has 1 aliphatic heterocycles. The van der Waals surface area contributed by atoms with Gasteiger partial charge in [0.1, 0.15) is 12.4 Å². The highest BCUT2D eigenvalue weighted by molar-refractivity contribution is 5.20. The van der Waals surface area contributed by atoms with E-state index in [2.05, 4.69) is 24.1 Å². The predicted octanol–water partition coefficient (Wildman–Crippen LogP) is 2.78. The molecule has 1 atom stereocenters. The first-order valence-corrected chi connectivity index (χ1v) is 7.88. The van der Waals surface area contributed by atoms with E-state index in [0.717, 1.165) is 37.9 Å². The minimum absolute atomic E-state index is 0.650. The smallest absolute Gasteiger partial charge is 0.119 e. The maximum atomic E-state index is 5.84. The van der Waals surface area contributed by atoms with Gasteiger partial charge < -0.3 is 10.1 Å². The van der Waals surface area contributed by atoms with E-state index in [0.29, 0.717) is 6.04 Å². The predicted molar refractivity (Wildman–Crippen MR) is 84.2 cm³/mol. The van der Waals surface area contributed by atoms with Crippen LogP contribution >= 0.6 is 0 Å². The van der Waals surface area contributed by atoms with Crippen LogP contribution in [0.5, 0.6) is 5.75 Å². The second-order valence-electron chi connectivity index (χ2n) is 6.04. The van der Waals surface area contributed by atoms with Gasteiger partial charge in [-0.3, -0.25) is 4.90 Å². The number of para-hydroxylation sites is 1. The molecule has 112 valence electrons. The third-order valence-electron chi connectivity index (χ3n) is 3.83. The van der Waals surface area contributed by atoms with E-state index in [-0.39, 0.29) is 0 Å². The lowest BCUT2D eigenvalue weighted by Gasteiger charge is -2.30. The molecule has 1 saturated heterocycles. The Balaban J connectivity index is 1.81. The van der Waals surface area contributed by atoms with Crippen LogP contribution in [0.15, 0.2) is 30.3 Å². The Morgan fingerprint density at radius 3 is 2.85 bits per heavy atom. The number of hydrogen-bond donors (Lipinski definition) is 1. The second-order valence-corrected chi connectivity index (χ2v) is 6.04. The lowest BCUT2D eigenvalue weighted by molar-refractivity contribution is 0.152. The molecule has 1 heterocycles. The number of benzene rings is 1. The van der Waals surface area contributed by atoms with Crippen molar-refractivity contribution in [3.63, 3.8) is 0 Å². The van der Waals surface area contributed by atoms with Crippen molar-refractivity contribution in [3.05, 3.63) is 30.3 Å². The Morgan fingerprint density at radius 1 is 1.30 bits per heavy atom. The van der Waals surface area contributed by atoms with Crippen molar-refractivity contribution in [1.82, 2.24) is 10.2 Å². The normalized spacial score (nSPS) is 20.9. The van der Waals surface area contributed by atoms with Crippen LogP contribution in [0.25, 0.3) is 0 Å². The molecule has 3 nitrogen and oxygen atoms in total. The summed E-state index contributed by atoms with van der Waals surface area (Å²) in [5.74, 6) is 1.72. The number of nitrogens with one attached hydrogen (secondary N) is 1. The summed E-state index contributed by atoms with van der Waals surface area (Å²) < 4.78 is 5.84. The fourth-order valence-electron chi connectivity index (χ4n) is 2.86. The van der Waals surface area contributed by atoms with Crippen molar-refractivity contribution in [3.8, 4) is 5.75 Å². The van der Waals surface area contributed by atoms with Gasteiger partial charge in [0, 0.05) is 19.1 Å². The highest BCUT2D eigenvalue weighted by Crippen LogP contribution is 2.14. The van der Waals surface area contributed by atoms with Gasteiger partial charge in [0.2, 0.25) is 0 Å². The summed E-state index contributed by atoms with van der Waals surface area (Å²) in [6, 6.07) is 10.8. The Labute approximate surface area is 123 Å². The van der Waals surface area contributed by atoms with Crippen LogP contribution in [0.3, 0.4) is 0 Å². The van der Waals surface area contributed by atoms with Gasteiger partial charge in [-0.1, -0.05) is 32.0 Å². The summed E-state index contributed by atoms with van der Waals surface area (Å²) in [5.41, 5.74) is 0. The van der Waals surface area contributed by atoms with Crippen LogP contribution in [0, 0.1) is 5.92 Å². The van der Waals surface area contributed by atoms with E-state index in [1.807, 2.05) is 30.3 Å². The van der Waals surface area contributed by atoms with Crippen molar-refractivity contribution in [2.24, 2.45) is 5.92 Å². The monoisotopic (exact) mass is 276 g/mol. The van der Waals surface area contributed by atoms with E-state index in [1.165, 1.54) is 19.4 Å². The first kappa shape index (κ1) is 15.3. The molecular formula is C17H28N2O. The van der Waals surface area contributed by atoms with E-state index in [9.17, 15) is 0 Å². The average molecular weight is 276 g/mol. The van der Waals surface area contributed by atoms with Gasteiger partial charge in [-0.2, -0.15) is 0 Å². The molecule has 1 unspecified atom stereocenters. The summed E-state index contributed by atoms with van der Waals surface area (Å²) >= 11 is 0. The molecule has 1 aromatic carbocycles. The van der Waals surface area contributed by atoms with Crippen LogP contribution < -0.4 is 10.1 Å². The molecule has 0 spiro atoms. The number of ether oxygens (including phenoxy) is 1. The molecule has 1 N–H and O–H groups in total. The van der Waals surface area contributed by atoms with Crippen molar-refractivity contribution in [2.75, 3.05) is 32.8 Å². The topological polar surface area (TPSA) is 24.5 Å². The van der Waals surface area contributed by atoms with Gasteiger partial charge in [0.05, 0.1) is 0 Å². The van der Waals surface area contributed by atoms with Crippen LogP contribution in [0.1, 0.15) is 26.7 Å². The standard InChI is InChI=1S/C17H28N2O/c1-15(2)13-16-14-18-9-6-10-19(16)11-12-20-17-7-4-3-5-8-17/h3-5,7-8,15-16,18H,6,9-14H2,1-2H3. The van der Waals surface area contributed by atoms with E-state index >= 15 is 0 Å². The molecule has 1 aromatic rings. The minimum Gasteiger partial charge on any atom is -0.492 e. The zero-order valence-corrected chi connectivity index (χ0v) is 12.8. The molecule has 0 bridgehead atoms. The molecule has 1 fully saturated rings. The molecule has 0 radical (unpaired) electrons. The summed E-state index contributed by atoms with van der Waals surface area (Å²) in [6.45, 7) is 9.86. The van der Waals surface area contributed by atoms with Gasteiger partial charge in [-0.25, -0.2) is 0 Å². The van der Waals surface area contributed by atoms with Crippen molar-refractivity contribution < 1.29 is 4.74 Å². The summed E-state index contributed by atoms with van der Waals surface area (Å²) in [7, 11) is 0. The fourth-order valence-corrected chi connectivity index (χ4v) is 2.86. The van der Waals surface area contributed by atoms with E-state index in [1.54, 1.807) is 0 Å². The SMILES string of the molecule is CC(C)CC1CNCCCN1CCOc1ccccc1. The zero-order chi connectivity index (χ0) is 14.2. The Morgan fingerprint density at radius 2 is 2.10 bits per heavy atom. The molecule has 2 rings (SSSR count). The number of hydrogen-bond acceptors (Lipinski definition) is 3. The molecule has 0 amide bonds. The van der Waals surface area contributed by atoms with Crippen LogP contribution in [0.2, 0.25) is 0 Å². The fraction of sp³-hybridized carbons (Fsp3) is 0.647. The first-order valence-electron chi connectivity index (χ1n) is 7.88. The van der Waals surface area contributed by atoms with Crippen LogP contribution in [-0.2, 0) is 0 Å². The minimum atomic E-state index is 0.650. The average Bonchev–Trinajstić information content (AvgIpc) is 2.65. The van der Waals surface area contributed by atoms with E-state index in [4.69, 9.17) is 4.74 Å². The molecule has 0 aromatic heterocycles. The molecule has 0 saturated carbocycles. The van der Waals surface area contributed by atoms with Crippen LogP contribution in [0.4, 0.5) is 0 Å². The lowest BCUT2D eigenvalue weighted by atomic mass is 10.0. The summed E-state index contributed by atoms with van der Waals surface area (Å²) in [4.78, 5) is 2.60. The zero-order valence-electron chi connectivity index (χ0n) is 12.8. The quantitative estimate of drug-likeness (QED) is 0.864. The molecule has 20 heavy (non-hydrogen) atoms. The van der Waals surface area contributed by atoms with Gasteiger partial charge in [0.25, 0.3) is 0 Å². The Hall–Kier alpha value is -1.06. The van der Waals surface area contributed by atoms with Gasteiger partial charge in [0.15, 0.2) is 0 Å². The summed E-state index contributed by atoms with van der Waals surface area (Å²) in [5, 5.41) is 3.56. The Bertz CT molecular complexity index is 367. The molecule has 3 heteroatoms. The second kappa shape index (κ2) is 8.28. The molecule has 0 aliphatic carbocycles. The highest BCUT2D eigenvalue weighted by Gasteiger charge is 2.21. The van der Waals surface area contributed by atoms with Gasteiger partial charge >= 0.3 is 0 Å². The summed E-state index contributed by atoms with van der Waals surface area (Å²) in [6.07, 6.45) is 2.50. The molecular weight excluding hydrogens is 248 g/mol. The maximum absolute atomic E-state index is 5.84. The van der Waals surface area contributed by atoms with Crippen LogP contribution in [-0.4, -0.2) is 43.7 Å². The largest absolute Gasteiger partial charge is 0.492 e. The van der Waals surface area contributed by atoms with E-state index < -0.39 is 0 Å². The first-order chi connectivity index (χ1) is 9.75. The number of rotatable bonds is 6. The van der Waals surface area contributed by atoms with Crippen molar-refractivity contribution in [1.29, 1.82) is 0 Å². The highest BCUT2D eigenvalue weighted by atomic mass is 16.5. The van der Waals surface area contributed by atoms with Crippen molar-refractivity contribution in [2.45, 2.75) is 32.7 Å². The van der Waals surface area contributed by atoms with Gasteiger partial charge in [-0.05, 0) is 44.0 Å².